The SMILES string of the molecule is Nc1nsc(NCCSCCCO)c1C(=O)NC1CC1. The summed E-state index contributed by atoms with van der Waals surface area (Å²) in [5.74, 6) is 2.03. The molecule has 0 aromatic carbocycles. The van der Waals surface area contributed by atoms with Gasteiger partial charge in [0.25, 0.3) is 5.91 Å². The molecule has 0 spiro atoms. The lowest BCUT2D eigenvalue weighted by molar-refractivity contribution is 0.0953. The van der Waals surface area contributed by atoms with Crippen molar-refractivity contribution in [3.05, 3.63) is 5.56 Å². The van der Waals surface area contributed by atoms with Crippen molar-refractivity contribution in [2.24, 2.45) is 0 Å². The van der Waals surface area contributed by atoms with Crippen LogP contribution in [0.2, 0.25) is 0 Å². The van der Waals surface area contributed by atoms with Crippen molar-refractivity contribution in [1.82, 2.24) is 9.69 Å². The predicted octanol–water partition coefficient (Wildman–Crippen LogP) is 1.14. The normalized spacial score (nSPS) is 14.2. The van der Waals surface area contributed by atoms with Crippen molar-refractivity contribution < 1.29 is 9.90 Å². The molecule has 0 bridgehead atoms. The van der Waals surface area contributed by atoms with Crippen LogP contribution in [0, 0.1) is 0 Å². The molecule has 1 fully saturated rings. The van der Waals surface area contributed by atoms with Crippen LogP contribution < -0.4 is 16.4 Å². The first-order valence-electron chi connectivity index (χ1n) is 6.71. The van der Waals surface area contributed by atoms with Gasteiger partial charge in [-0.1, -0.05) is 0 Å². The van der Waals surface area contributed by atoms with E-state index in [2.05, 4.69) is 15.0 Å². The van der Waals surface area contributed by atoms with E-state index in [1.807, 2.05) is 0 Å². The molecule has 1 amide bonds. The molecule has 1 saturated carbocycles. The number of hydrogen-bond acceptors (Lipinski definition) is 7. The second-order valence-electron chi connectivity index (χ2n) is 4.64. The Hall–Kier alpha value is -0.990. The van der Waals surface area contributed by atoms with Gasteiger partial charge >= 0.3 is 0 Å². The average molecular weight is 316 g/mol. The number of aliphatic hydroxyl groups excluding tert-OH is 1. The monoisotopic (exact) mass is 316 g/mol. The lowest BCUT2D eigenvalue weighted by Crippen LogP contribution is -2.26. The Kier molecular flexibility index (Phi) is 5.93. The molecular weight excluding hydrogens is 296 g/mol. The molecule has 6 nitrogen and oxygen atoms in total. The van der Waals surface area contributed by atoms with E-state index in [1.54, 1.807) is 11.8 Å². The molecule has 2 rings (SSSR count). The number of amides is 1. The number of anilines is 2. The van der Waals surface area contributed by atoms with Crippen LogP contribution in [0.5, 0.6) is 0 Å². The molecule has 0 unspecified atom stereocenters. The molecule has 1 aromatic heterocycles. The number of aromatic nitrogens is 1. The molecule has 0 radical (unpaired) electrons. The Balaban J connectivity index is 1.80. The number of hydrogen-bond donors (Lipinski definition) is 4. The number of nitrogens with zero attached hydrogens (tertiary/aromatic N) is 1. The maximum Gasteiger partial charge on any atom is 0.258 e. The molecule has 1 aliphatic rings. The van der Waals surface area contributed by atoms with Crippen molar-refractivity contribution >= 4 is 40.0 Å². The van der Waals surface area contributed by atoms with Crippen molar-refractivity contribution in [1.29, 1.82) is 0 Å². The lowest BCUT2D eigenvalue weighted by Gasteiger charge is -2.07. The number of nitrogen functional groups attached to an aromatic ring is 1. The van der Waals surface area contributed by atoms with Crippen LogP contribution in [-0.4, -0.2) is 46.1 Å². The van der Waals surface area contributed by atoms with Gasteiger partial charge < -0.3 is 21.5 Å². The van der Waals surface area contributed by atoms with E-state index in [1.165, 1.54) is 11.5 Å². The maximum atomic E-state index is 12.1. The van der Waals surface area contributed by atoms with E-state index < -0.39 is 0 Å². The van der Waals surface area contributed by atoms with Crippen LogP contribution >= 0.6 is 23.3 Å². The first-order chi connectivity index (χ1) is 9.72. The van der Waals surface area contributed by atoms with Crippen molar-refractivity contribution in [3.63, 3.8) is 0 Å². The molecule has 112 valence electrons. The zero-order chi connectivity index (χ0) is 14.4. The largest absolute Gasteiger partial charge is 0.396 e. The Bertz CT molecular complexity index is 449. The van der Waals surface area contributed by atoms with E-state index in [4.69, 9.17) is 10.8 Å². The van der Waals surface area contributed by atoms with Gasteiger partial charge in [-0.25, -0.2) is 0 Å². The topological polar surface area (TPSA) is 100 Å². The number of rotatable bonds is 9. The second-order valence-corrected chi connectivity index (χ2v) is 6.63. The third-order valence-corrected chi connectivity index (χ3v) is 4.73. The zero-order valence-electron chi connectivity index (χ0n) is 11.2. The third kappa shape index (κ3) is 4.53. The molecule has 0 saturated heterocycles. The van der Waals surface area contributed by atoms with Gasteiger partial charge in [-0.2, -0.15) is 16.1 Å². The van der Waals surface area contributed by atoms with Gasteiger partial charge in [-0.15, -0.1) is 0 Å². The van der Waals surface area contributed by atoms with Crippen LogP contribution in [0.1, 0.15) is 29.6 Å². The molecule has 0 aliphatic heterocycles. The van der Waals surface area contributed by atoms with E-state index in [0.717, 1.165) is 42.3 Å². The van der Waals surface area contributed by atoms with Gasteiger partial charge in [0.1, 0.15) is 10.6 Å². The fraction of sp³-hybridized carbons (Fsp3) is 0.667. The third-order valence-electron chi connectivity index (χ3n) is 2.84. The van der Waals surface area contributed by atoms with Crippen LogP contribution in [-0.2, 0) is 0 Å². The summed E-state index contributed by atoms with van der Waals surface area (Å²) in [6.07, 6.45) is 2.91. The summed E-state index contributed by atoms with van der Waals surface area (Å²) in [5.41, 5.74) is 6.25. The molecule has 8 heteroatoms. The Labute approximate surface area is 126 Å². The maximum absolute atomic E-state index is 12.1. The van der Waals surface area contributed by atoms with Crippen molar-refractivity contribution in [2.75, 3.05) is 35.7 Å². The highest BCUT2D eigenvalue weighted by atomic mass is 32.2. The molecule has 1 aromatic rings. The molecule has 1 aliphatic carbocycles. The fourth-order valence-electron chi connectivity index (χ4n) is 1.63. The minimum atomic E-state index is -0.130. The van der Waals surface area contributed by atoms with Gasteiger partial charge in [0.15, 0.2) is 5.82 Å². The van der Waals surface area contributed by atoms with Gasteiger partial charge in [-0.3, -0.25) is 4.79 Å². The summed E-state index contributed by atoms with van der Waals surface area (Å²) in [4.78, 5) is 12.1. The number of thioether (sulfide) groups is 1. The summed E-state index contributed by atoms with van der Waals surface area (Å²) >= 11 is 2.99. The van der Waals surface area contributed by atoms with Crippen molar-refractivity contribution in [3.8, 4) is 0 Å². The minimum absolute atomic E-state index is 0.130. The summed E-state index contributed by atoms with van der Waals surface area (Å²) in [7, 11) is 0. The van der Waals surface area contributed by atoms with E-state index >= 15 is 0 Å². The smallest absolute Gasteiger partial charge is 0.258 e. The van der Waals surface area contributed by atoms with E-state index in [-0.39, 0.29) is 12.5 Å². The Morgan fingerprint density at radius 3 is 3.00 bits per heavy atom. The summed E-state index contributed by atoms with van der Waals surface area (Å²) < 4.78 is 4.05. The highest BCUT2D eigenvalue weighted by Crippen LogP contribution is 2.28. The van der Waals surface area contributed by atoms with Crippen LogP contribution in [0.15, 0.2) is 0 Å². The quantitative estimate of drug-likeness (QED) is 0.510. The zero-order valence-corrected chi connectivity index (χ0v) is 12.9. The molecule has 1 heterocycles. The van der Waals surface area contributed by atoms with Crippen LogP contribution in [0.3, 0.4) is 0 Å². The number of carbonyl (C=O) groups excluding carboxylic acids is 1. The first kappa shape index (κ1) is 15.4. The predicted molar refractivity (Wildman–Crippen MR) is 84.5 cm³/mol. The van der Waals surface area contributed by atoms with Gasteiger partial charge in [-0.05, 0) is 36.5 Å². The lowest BCUT2D eigenvalue weighted by atomic mass is 10.3. The summed E-state index contributed by atoms with van der Waals surface area (Å²) in [6, 6.07) is 0.309. The van der Waals surface area contributed by atoms with Crippen LogP contribution in [0.25, 0.3) is 0 Å². The highest BCUT2D eigenvalue weighted by Gasteiger charge is 2.27. The van der Waals surface area contributed by atoms with Crippen molar-refractivity contribution in [2.45, 2.75) is 25.3 Å². The summed E-state index contributed by atoms with van der Waals surface area (Å²) in [6.45, 7) is 0.985. The van der Waals surface area contributed by atoms with Gasteiger partial charge in [0, 0.05) is 24.9 Å². The molecule has 20 heavy (non-hydrogen) atoms. The molecule has 5 N–H and O–H groups in total. The minimum Gasteiger partial charge on any atom is -0.396 e. The summed E-state index contributed by atoms with van der Waals surface area (Å²) in [5, 5.41) is 15.6. The molecular formula is C12H20N4O2S2. The highest BCUT2D eigenvalue weighted by molar-refractivity contribution is 7.99. The fourth-order valence-corrected chi connectivity index (χ4v) is 3.15. The Morgan fingerprint density at radius 1 is 1.50 bits per heavy atom. The van der Waals surface area contributed by atoms with Gasteiger partial charge in [0.2, 0.25) is 0 Å². The second kappa shape index (κ2) is 7.70. The molecule has 0 atom stereocenters. The van der Waals surface area contributed by atoms with Crippen LogP contribution in [0.4, 0.5) is 10.8 Å². The number of carbonyl (C=O) groups is 1. The van der Waals surface area contributed by atoms with E-state index in [9.17, 15) is 4.79 Å². The average Bonchev–Trinajstić information content (AvgIpc) is 3.15. The number of nitrogens with one attached hydrogen (secondary N) is 2. The first-order valence-corrected chi connectivity index (χ1v) is 8.63. The number of aliphatic hydroxyl groups is 1. The number of nitrogens with two attached hydrogens (primary N) is 1. The van der Waals surface area contributed by atoms with E-state index in [0.29, 0.717) is 17.4 Å². The Morgan fingerprint density at radius 2 is 2.30 bits per heavy atom. The van der Waals surface area contributed by atoms with Gasteiger partial charge in [0.05, 0.1) is 0 Å². The standard InChI is InChI=1S/C12H20N4O2S2/c13-10-9(11(18)15-8-2-3-8)12(20-16-10)14-4-7-19-6-1-5-17/h8,14,17H,1-7H2,(H2,13,16)(H,15,18).